The Morgan fingerprint density at radius 2 is 2.20 bits per heavy atom. The second kappa shape index (κ2) is 2.13. The van der Waals surface area contributed by atoms with Gasteiger partial charge in [-0.25, -0.2) is 0 Å². The predicted octanol–water partition coefficient (Wildman–Crippen LogP) is 1.65. The van der Waals surface area contributed by atoms with Crippen LogP contribution in [0, 0.1) is 0 Å². The maximum atomic E-state index is 4.14. The van der Waals surface area contributed by atoms with Crippen LogP contribution >= 0.6 is 0 Å². The van der Waals surface area contributed by atoms with Gasteiger partial charge in [0.25, 0.3) is 0 Å². The van der Waals surface area contributed by atoms with Crippen LogP contribution in [-0.4, -0.2) is 12.8 Å². The largest absolute Gasteiger partial charge is 0.288 e. The molecule has 2 aliphatic rings. The van der Waals surface area contributed by atoms with E-state index >= 15 is 0 Å². The number of allylic oxidation sites excluding steroid dienone is 3. The summed E-state index contributed by atoms with van der Waals surface area (Å²) in [6.07, 6.45) is 9.83. The molecule has 1 nitrogen and oxygen atoms in total. The van der Waals surface area contributed by atoms with Crippen molar-refractivity contribution < 1.29 is 0 Å². The molecular weight excluding hydrogens is 122 g/mol. The van der Waals surface area contributed by atoms with Crippen molar-refractivity contribution in [3.05, 3.63) is 41.2 Å². The van der Waals surface area contributed by atoms with E-state index in [0.717, 1.165) is 6.54 Å². The van der Waals surface area contributed by atoms with E-state index in [2.05, 4.69) is 16.8 Å². The van der Waals surface area contributed by atoms with E-state index in [-0.39, 0.29) is 0 Å². The van der Waals surface area contributed by atoms with E-state index in [0.29, 0.717) is 0 Å². The molecule has 0 fully saturated rings. The Balaban J connectivity index is 2.50. The Kier molecular flexibility index (Phi) is 1.16. The first-order chi connectivity index (χ1) is 4.97. The molecule has 1 heterocycles. The molecule has 48 valence electrons. The molecule has 10 heavy (non-hydrogen) atoms. The quantitative estimate of drug-likeness (QED) is 0.441. The van der Waals surface area contributed by atoms with Crippen LogP contribution in [0.25, 0.3) is 0 Å². The van der Waals surface area contributed by atoms with E-state index in [1.54, 1.807) is 0 Å². The summed E-state index contributed by atoms with van der Waals surface area (Å²) in [4.78, 5) is 4.14. The van der Waals surface area contributed by atoms with Crippen molar-refractivity contribution in [2.45, 2.75) is 0 Å². The molecule has 0 aromatic carbocycles. The summed E-state index contributed by atoms with van der Waals surface area (Å²) >= 11 is 0. The third-order valence-electron chi connectivity index (χ3n) is 1.60. The average molecular weight is 129 g/mol. The van der Waals surface area contributed by atoms with Crippen LogP contribution < -0.4 is 0 Å². The SMILES string of the molecule is C1=CC=C2C=NCC2=CC=1. The second-order valence-electron chi connectivity index (χ2n) is 2.28. The summed E-state index contributed by atoms with van der Waals surface area (Å²) in [5.74, 6) is 0. The normalized spacial score (nSPS) is 20.0. The Labute approximate surface area is 59.8 Å². The summed E-state index contributed by atoms with van der Waals surface area (Å²) in [7, 11) is 0. The van der Waals surface area contributed by atoms with Gasteiger partial charge in [0, 0.05) is 6.21 Å². The summed E-state index contributed by atoms with van der Waals surface area (Å²) in [6.45, 7) is 0.831. The molecule has 0 unspecified atom stereocenters. The molecule has 0 aromatic rings. The van der Waals surface area contributed by atoms with Gasteiger partial charge in [0.1, 0.15) is 0 Å². The van der Waals surface area contributed by atoms with Crippen LogP contribution in [0.3, 0.4) is 0 Å². The monoisotopic (exact) mass is 129 g/mol. The maximum absolute atomic E-state index is 4.14. The third-order valence-corrected chi connectivity index (χ3v) is 1.60. The molecule has 0 amide bonds. The van der Waals surface area contributed by atoms with Gasteiger partial charge in [-0.1, -0.05) is 0 Å². The minimum atomic E-state index is 0.831. The molecule has 1 aliphatic heterocycles. The Morgan fingerprint density at radius 1 is 1.30 bits per heavy atom. The van der Waals surface area contributed by atoms with Crippen LogP contribution in [0.15, 0.2) is 46.2 Å². The number of fused-ring (bicyclic) bond motifs is 1. The summed E-state index contributed by atoms with van der Waals surface area (Å²) in [6, 6.07) is 0. The van der Waals surface area contributed by atoms with Gasteiger partial charge in [0.05, 0.1) is 6.54 Å². The highest BCUT2D eigenvalue weighted by Gasteiger charge is 2.06. The van der Waals surface area contributed by atoms with Gasteiger partial charge in [0.15, 0.2) is 0 Å². The van der Waals surface area contributed by atoms with Crippen molar-refractivity contribution in [2.24, 2.45) is 4.99 Å². The Bertz CT molecular complexity index is 297. The average Bonchev–Trinajstić information content (AvgIpc) is 2.28. The molecule has 1 heteroatoms. The highest BCUT2D eigenvalue weighted by atomic mass is 14.7. The maximum Gasteiger partial charge on any atom is 0.0646 e. The number of hydrogen-bond acceptors (Lipinski definition) is 1. The van der Waals surface area contributed by atoms with Gasteiger partial charge in [-0.3, -0.25) is 4.99 Å². The molecule has 0 atom stereocenters. The van der Waals surface area contributed by atoms with Crippen molar-refractivity contribution in [3.8, 4) is 0 Å². The van der Waals surface area contributed by atoms with Crippen LogP contribution in [0.2, 0.25) is 0 Å². The lowest BCUT2D eigenvalue weighted by Crippen LogP contribution is -1.83. The summed E-state index contributed by atoms with van der Waals surface area (Å²) in [5, 5.41) is 0. The highest BCUT2D eigenvalue weighted by Crippen LogP contribution is 2.15. The molecule has 0 saturated heterocycles. The lowest BCUT2D eigenvalue weighted by atomic mass is 10.1. The van der Waals surface area contributed by atoms with Crippen LogP contribution in [0.5, 0.6) is 0 Å². The van der Waals surface area contributed by atoms with Crippen molar-refractivity contribution in [3.63, 3.8) is 0 Å². The second-order valence-corrected chi connectivity index (χ2v) is 2.28. The molecule has 0 bridgehead atoms. The zero-order chi connectivity index (χ0) is 6.81. The molecular formula is C9H7N. The van der Waals surface area contributed by atoms with Crippen LogP contribution in [0.4, 0.5) is 0 Å². The number of nitrogens with zero attached hydrogens (tertiary/aromatic N) is 1. The van der Waals surface area contributed by atoms with Crippen molar-refractivity contribution in [1.29, 1.82) is 0 Å². The predicted molar refractivity (Wildman–Crippen MR) is 42.2 cm³/mol. The van der Waals surface area contributed by atoms with Gasteiger partial charge < -0.3 is 0 Å². The van der Waals surface area contributed by atoms with E-state index < -0.39 is 0 Å². The van der Waals surface area contributed by atoms with Crippen LogP contribution in [0.1, 0.15) is 0 Å². The first-order valence-electron chi connectivity index (χ1n) is 3.29. The number of aliphatic imine (C=N–C) groups is 1. The lowest BCUT2D eigenvalue weighted by Gasteiger charge is -1.91. The molecule has 2 rings (SSSR count). The van der Waals surface area contributed by atoms with E-state index in [9.17, 15) is 0 Å². The smallest absolute Gasteiger partial charge is 0.0646 e. The molecule has 0 radical (unpaired) electrons. The molecule has 0 aromatic heterocycles. The zero-order valence-electron chi connectivity index (χ0n) is 5.54. The summed E-state index contributed by atoms with van der Waals surface area (Å²) in [5.41, 5.74) is 5.53. The van der Waals surface area contributed by atoms with Gasteiger partial charge in [-0.05, 0) is 35.5 Å². The van der Waals surface area contributed by atoms with Crippen LogP contribution in [-0.2, 0) is 0 Å². The fourth-order valence-corrected chi connectivity index (χ4v) is 1.06. The van der Waals surface area contributed by atoms with Gasteiger partial charge >= 0.3 is 0 Å². The molecule has 0 N–H and O–H groups in total. The van der Waals surface area contributed by atoms with Gasteiger partial charge in [-0.15, -0.1) is 5.73 Å². The molecule has 0 saturated carbocycles. The topological polar surface area (TPSA) is 12.4 Å². The van der Waals surface area contributed by atoms with Gasteiger partial charge in [0.2, 0.25) is 0 Å². The fraction of sp³-hybridized carbons (Fsp3) is 0.111. The third kappa shape index (κ3) is 0.772. The van der Waals surface area contributed by atoms with E-state index in [4.69, 9.17) is 0 Å². The Morgan fingerprint density at radius 3 is 3.20 bits per heavy atom. The minimum absolute atomic E-state index is 0.831. The van der Waals surface area contributed by atoms with Crippen molar-refractivity contribution in [1.82, 2.24) is 0 Å². The standard InChI is InChI=1S/C9H7N/c1-2-4-8-6-10-7-9(8)5-3-1/h2-6H,7H2. The van der Waals surface area contributed by atoms with Gasteiger partial charge in [-0.2, -0.15) is 0 Å². The van der Waals surface area contributed by atoms with E-state index in [1.165, 1.54) is 11.1 Å². The lowest BCUT2D eigenvalue weighted by molar-refractivity contribution is 1.23. The Hall–Kier alpha value is -1.33. The summed E-state index contributed by atoms with van der Waals surface area (Å²) < 4.78 is 0. The zero-order valence-corrected chi connectivity index (χ0v) is 5.54. The highest BCUT2D eigenvalue weighted by molar-refractivity contribution is 5.88. The molecule has 0 spiro atoms. The first-order valence-corrected chi connectivity index (χ1v) is 3.29. The van der Waals surface area contributed by atoms with Crippen molar-refractivity contribution >= 4 is 6.21 Å². The fourth-order valence-electron chi connectivity index (χ4n) is 1.06. The van der Waals surface area contributed by atoms with Crippen molar-refractivity contribution in [2.75, 3.05) is 6.54 Å². The first kappa shape index (κ1) is 5.45. The molecule has 1 aliphatic carbocycles. The number of rotatable bonds is 0. The minimum Gasteiger partial charge on any atom is -0.288 e. The number of hydrogen-bond donors (Lipinski definition) is 0. The van der Waals surface area contributed by atoms with E-state index in [1.807, 2.05) is 24.4 Å².